The zero-order valence-corrected chi connectivity index (χ0v) is 10.2. The van der Waals surface area contributed by atoms with Crippen LogP contribution in [0, 0.1) is 0 Å². The zero-order chi connectivity index (χ0) is 11.9. The summed E-state index contributed by atoms with van der Waals surface area (Å²) in [6, 6.07) is 0. The number of ether oxygens (including phenoxy) is 1. The second kappa shape index (κ2) is 6.80. The summed E-state index contributed by atoms with van der Waals surface area (Å²) in [4.78, 5) is 12.5. The Bertz CT molecular complexity index is 187. The van der Waals surface area contributed by atoms with E-state index in [1.54, 1.807) is 0 Å². The van der Waals surface area contributed by atoms with E-state index in [0.717, 1.165) is 13.0 Å². The van der Waals surface area contributed by atoms with Gasteiger partial charge in [0.1, 0.15) is 0 Å². The molecule has 0 fully saturated rings. The molecule has 4 nitrogen and oxygen atoms in total. The lowest BCUT2D eigenvalue weighted by atomic mass is 10.2. The van der Waals surface area contributed by atoms with Crippen LogP contribution in [0.3, 0.4) is 0 Å². The van der Waals surface area contributed by atoms with Gasteiger partial charge in [-0.15, -0.1) is 0 Å². The lowest BCUT2D eigenvalue weighted by molar-refractivity contribution is -0.138. The van der Waals surface area contributed by atoms with Crippen molar-refractivity contribution in [3.63, 3.8) is 0 Å². The van der Waals surface area contributed by atoms with E-state index in [4.69, 9.17) is 9.84 Å². The number of carboxylic acids is 1. The molecule has 0 radical (unpaired) electrons. The Morgan fingerprint density at radius 1 is 1.33 bits per heavy atom. The molecule has 0 saturated heterocycles. The Hall–Kier alpha value is -0.610. The van der Waals surface area contributed by atoms with Crippen LogP contribution in [0.2, 0.25) is 0 Å². The minimum absolute atomic E-state index is 0.0986. The highest BCUT2D eigenvalue weighted by Gasteiger charge is 2.12. The second-order valence-electron chi connectivity index (χ2n) is 4.63. The Balaban J connectivity index is 3.80. The third-order valence-electron chi connectivity index (χ3n) is 1.84. The summed E-state index contributed by atoms with van der Waals surface area (Å²) in [5, 5.41) is 8.69. The van der Waals surface area contributed by atoms with Gasteiger partial charge in [-0.1, -0.05) is 6.92 Å². The number of nitrogens with zero attached hydrogens (tertiary/aromatic N) is 1. The maximum Gasteiger partial charge on any atom is 0.317 e. The molecule has 0 aromatic heterocycles. The minimum Gasteiger partial charge on any atom is -0.480 e. The maximum absolute atomic E-state index is 10.6. The minimum atomic E-state index is -0.779. The van der Waals surface area contributed by atoms with Crippen molar-refractivity contribution in [3.8, 4) is 0 Å². The number of hydrogen-bond donors (Lipinski definition) is 1. The third kappa shape index (κ3) is 9.69. The number of carbonyl (C=O) groups is 1. The second-order valence-corrected chi connectivity index (χ2v) is 4.63. The molecule has 0 atom stereocenters. The molecule has 0 saturated carbocycles. The average molecular weight is 217 g/mol. The van der Waals surface area contributed by atoms with E-state index in [2.05, 4.69) is 0 Å². The van der Waals surface area contributed by atoms with Gasteiger partial charge in [0.05, 0.1) is 18.8 Å². The summed E-state index contributed by atoms with van der Waals surface area (Å²) in [7, 11) is 0. The molecule has 4 heteroatoms. The number of carboxylic acid groups (broad SMARTS) is 1. The van der Waals surface area contributed by atoms with Gasteiger partial charge in [0.2, 0.25) is 0 Å². The van der Waals surface area contributed by atoms with Crippen LogP contribution in [-0.2, 0) is 9.53 Å². The predicted molar refractivity (Wildman–Crippen MR) is 60.1 cm³/mol. The molecule has 15 heavy (non-hydrogen) atoms. The van der Waals surface area contributed by atoms with Gasteiger partial charge >= 0.3 is 5.97 Å². The Labute approximate surface area is 92.2 Å². The van der Waals surface area contributed by atoms with E-state index in [0.29, 0.717) is 13.2 Å². The van der Waals surface area contributed by atoms with Crippen molar-refractivity contribution in [2.45, 2.75) is 39.7 Å². The van der Waals surface area contributed by atoms with Crippen molar-refractivity contribution in [1.29, 1.82) is 0 Å². The monoisotopic (exact) mass is 217 g/mol. The Morgan fingerprint density at radius 2 is 1.93 bits per heavy atom. The molecule has 0 aliphatic carbocycles. The van der Waals surface area contributed by atoms with Crippen LogP contribution in [-0.4, -0.2) is 47.8 Å². The summed E-state index contributed by atoms with van der Waals surface area (Å²) in [5.74, 6) is -0.779. The van der Waals surface area contributed by atoms with Crippen molar-refractivity contribution < 1.29 is 14.6 Å². The first-order valence-corrected chi connectivity index (χ1v) is 5.43. The molecule has 0 unspecified atom stereocenters. The highest BCUT2D eigenvalue weighted by Crippen LogP contribution is 2.06. The Kier molecular flexibility index (Phi) is 6.52. The summed E-state index contributed by atoms with van der Waals surface area (Å²) < 4.78 is 5.55. The first-order chi connectivity index (χ1) is 6.85. The molecule has 0 rings (SSSR count). The molecule has 1 N–H and O–H groups in total. The molecular formula is C11H23NO3. The topological polar surface area (TPSA) is 49.8 Å². The van der Waals surface area contributed by atoms with Crippen LogP contribution in [0.15, 0.2) is 0 Å². The number of hydrogen-bond acceptors (Lipinski definition) is 3. The average Bonchev–Trinajstić information content (AvgIpc) is 2.00. The van der Waals surface area contributed by atoms with E-state index in [-0.39, 0.29) is 12.1 Å². The van der Waals surface area contributed by atoms with E-state index in [9.17, 15) is 4.79 Å². The fourth-order valence-electron chi connectivity index (χ4n) is 1.26. The molecule has 0 bridgehead atoms. The van der Waals surface area contributed by atoms with E-state index in [1.807, 2.05) is 32.6 Å². The maximum atomic E-state index is 10.6. The quantitative estimate of drug-likeness (QED) is 0.703. The van der Waals surface area contributed by atoms with E-state index < -0.39 is 5.97 Å². The largest absolute Gasteiger partial charge is 0.480 e. The van der Waals surface area contributed by atoms with Gasteiger partial charge < -0.3 is 9.84 Å². The van der Waals surface area contributed by atoms with Crippen molar-refractivity contribution in [3.05, 3.63) is 0 Å². The molecule has 0 spiro atoms. The summed E-state index contributed by atoms with van der Waals surface area (Å²) >= 11 is 0. The molecule has 0 aliphatic heterocycles. The van der Waals surface area contributed by atoms with Gasteiger partial charge in [-0.25, -0.2) is 0 Å². The fraction of sp³-hybridized carbons (Fsp3) is 0.909. The lowest BCUT2D eigenvalue weighted by Gasteiger charge is -2.24. The highest BCUT2D eigenvalue weighted by molar-refractivity contribution is 5.69. The SMILES string of the molecule is CCCN(CCOC(C)(C)C)CC(=O)O. The molecule has 0 aliphatic rings. The lowest BCUT2D eigenvalue weighted by Crippen LogP contribution is -2.35. The zero-order valence-electron chi connectivity index (χ0n) is 10.2. The predicted octanol–water partition coefficient (Wildman–Crippen LogP) is 1.60. The number of rotatable bonds is 7. The first kappa shape index (κ1) is 14.4. The van der Waals surface area contributed by atoms with Crippen LogP contribution >= 0.6 is 0 Å². The van der Waals surface area contributed by atoms with Crippen molar-refractivity contribution in [1.82, 2.24) is 4.90 Å². The third-order valence-corrected chi connectivity index (χ3v) is 1.84. The van der Waals surface area contributed by atoms with Gasteiger partial charge in [-0.2, -0.15) is 0 Å². The van der Waals surface area contributed by atoms with Gasteiger partial charge in [0, 0.05) is 6.54 Å². The highest BCUT2D eigenvalue weighted by atomic mass is 16.5. The number of aliphatic carboxylic acids is 1. The molecule has 0 aromatic rings. The van der Waals surface area contributed by atoms with Crippen LogP contribution in [0.4, 0.5) is 0 Å². The fourth-order valence-corrected chi connectivity index (χ4v) is 1.26. The molecule has 90 valence electrons. The van der Waals surface area contributed by atoms with Crippen molar-refractivity contribution in [2.75, 3.05) is 26.2 Å². The van der Waals surface area contributed by atoms with Crippen LogP contribution < -0.4 is 0 Å². The Morgan fingerprint density at radius 3 is 2.33 bits per heavy atom. The molecule has 0 aromatic carbocycles. The van der Waals surface area contributed by atoms with Crippen LogP contribution in [0.5, 0.6) is 0 Å². The van der Waals surface area contributed by atoms with E-state index >= 15 is 0 Å². The van der Waals surface area contributed by atoms with Crippen molar-refractivity contribution >= 4 is 5.97 Å². The first-order valence-electron chi connectivity index (χ1n) is 5.43. The van der Waals surface area contributed by atoms with Crippen LogP contribution in [0.1, 0.15) is 34.1 Å². The summed E-state index contributed by atoms with van der Waals surface area (Å²) in [6.07, 6.45) is 0.961. The van der Waals surface area contributed by atoms with Crippen molar-refractivity contribution in [2.24, 2.45) is 0 Å². The van der Waals surface area contributed by atoms with Gasteiger partial charge in [-0.05, 0) is 33.7 Å². The molecular weight excluding hydrogens is 194 g/mol. The molecule has 0 heterocycles. The standard InChI is InChI=1S/C11H23NO3/c1-5-6-12(9-10(13)14)7-8-15-11(2,3)4/h5-9H2,1-4H3,(H,13,14). The van der Waals surface area contributed by atoms with Gasteiger partial charge in [0.15, 0.2) is 0 Å². The van der Waals surface area contributed by atoms with Crippen LogP contribution in [0.25, 0.3) is 0 Å². The van der Waals surface area contributed by atoms with E-state index in [1.165, 1.54) is 0 Å². The summed E-state index contributed by atoms with van der Waals surface area (Å²) in [6.45, 7) is 10.2. The smallest absolute Gasteiger partial charge is 0.317 e. The normalized spacial score (nSPS) is 12.1. The van der Waals surface area contributed by atoms with Gasteiger partial charge in [-0.3, -0.25) is 9.69 Å². The molecule has 0 amide bonds. The summed E-state index contributed by atoms with van der Waals surface area (Å²) in [5.41, 5.74) is -0.152. The van der Waals surface area contributed by atoms with Gasteiger partial charge in [0.25, 0.3) is 0 Å².